The molecule has 9 nitrogen and oxygen atoms in total. The number of aromatic amines is 1. The number of aromatic nitrogens is 4. The van der Waals surface area contributed by atoms with E-state index in [0.717, 1.165) is 48.2 Å². The summed E-state index contributed by atoms with van der Waals surface area (Å²) >= 11 is 0. The zero-order valence-corrected chi connectivity index (χ0v) is 22.2. The van der Waals surface area contributed by atoms with Crippen molar-refractivity contribution in [1.82, 2.24) is 25.3 Å². The molecule has 0 unspecified atom stereocenters. The van der Waals surface area contributed by atoms with Crippen LogP contribution in [0.25, 0.3) is 11.1 Å². The smallest absolute Gasteiger partial charge is 0.270 e. The first-order valence-electron chi connectivity index (χ1n) is 13.8. The fourth-order valence-corrected chi connectivity index (χ4v) is 5.97. The molecule has 1 aromatic carbocycles. The molecule has 38 heavy (non-hydrogen) atoms. The van der Waals surface area contributed by atoms with Gasteiger partial charge in [-0.3, -0.25) is 19.4 Å². The Bertz CT molecular complexity index is 1220. The van der Waals surface area contributed by atoms with Crippen molar-refractivity contribution in [3.63, 3.8) is 0 Å². The molecule has 3 aromatic rings. The molecule has 2 aliphatic carbocycles. The summed E-state index contributed by atoms with van der Waals surface area (Å²) in [4.78, 5) is 27.3. The maximum absolute atomic E-state index is 13.8. The second kappa shape index (κ2) is 11.5. The zero-order chi connectivity index (χ0) is 26.6. The van der Waals surface area contributed by atoms with Gasteiger partial charge in [-0.2, -0.15) is 10.2 Å². The first-order valence-corrected chi connectivity index (χ1v) is 13.8. The number of benzene rings is 1. The summed E-state index contributed by atoms with van der Waals surface area (Å²) in [5.74, 6) is 0.540. The van der Waals surface area contributed by atoms with Crippen molar-refractivity contribution in [2.45, 2.75) is 71.4 Å². The molecule has 1 atom stereocenters. The highest BCUT2D eigenvalue weighted by Crippen LogP contribution is 2.46. The number of aryl methyl sites for hydroxylation is 3. The normalized spacial score (nSPS) is 16.6. The minimum absolute atomic E-state index is 0.0237. The van der Waals surface area contributed by atoms with Crippen LogP contribution in [-0.2, 0) is 11.3 Å². The third-order valence-electron chi connectivity index (χ3n) is 8.39. The summed E-state index contributed by atoms with van der Waals surface area (Å²) in [5, 5.41) is 27.0. The lowest BCUT2D eigenvalue weighted by molar-refractivity contribution is -0.121. The topological polar surface area (TPSA) is 125 Å². The number of aliphatic hydroxyl groups is 1. The third kappa shape index (κ3) is 5.38. The number of hydrogen-bond donors (Lipinski definition) is 4. The summed E-state index contributed by atoms with van der Waals surface area (Å²) in [6.07, 6.45) is 8.87. The van der Waals surface area contributed by atoms with E-state index in [0.29, 0.717) is 36.2 Å². The molecule has 2 aliphatic rings. The van der Waals surface area contributed by atoms with Gasteiger partial charge in [0.15, 0.2) is 0 Å². The van der Waals surface area contributed by atoms with Crippen molar-refractivity contribution < 1.29 is 14.7 Å². The molecule has 202 valence electrons. The number of nitrogens with one attached hydrogen (secondary N) is 3. The molecule has 2 amide bonds. The summed E-state index contributed by atoms with van der Waals surface area (Å²) in [5.41, 5.74) is 5.15. The highest BCUT2D eigenvalue weighted by Gasteiger charge is 2.44. The SMILES string of the molecule is Cc1n[nH]c(C)c1-c1ccc(NC(=O)[C@@H](NC(=O)c2ccnn2CCCO)C(C2CCC2)C2CCC2)cc1. The summed E-state index contributed by atoms with van der Waals surface area (Å²) in [6, 6.07) is 8.83. The average molecular weight is 519 g/mol. The van der Waals surface area contributed by atoms with E-state index in [1.165, 1.54) is 12.8 Å². The Kier molecular flexibility index (Phi) is 7.93. The van der Waals surface area contributed by atoms with E-state index >= 15 is 0 Å². The summed E-state index contributed by atoms with van der Waals surface area (Å²) in [6.45, 7) is 4.43. The van der Waals surface area contributed by atoms with E-state index in [-0.39, 0.29) is 24.3 Å². The number of anilines is 1. The maximum Gasteiger partial charge on any atom is 0.270 e. The standard InChI is InChI=1S/C29H38N6O3/c1-18-25(19(2)34-33-18)22-10-12-23(13-11-22)31-29(38)27(26(20-6-3-7-20)21-8-4-9-21)32-28(37)24-14-15-30-35(24)16-5-17-36/h10-15,20-21,26-27,36H,3-9,16-17H2,1-2H3,(H,31,38)(H,32,37)(H,33,34)/t27-/m0/s1. The monoisotopic (exact) mass is 518 g/mol. The molecular weight excluding hydrogens is 480 g/mol. The maximum atomic E-state index is 13.8. The Labute approximate surface area is 223 Å². The molecule has 4 N–H and O–H groups in total. The first-order chi connectivity index (χ1) is 18.5. The minimum Gasteiger partial charge on any atom is -0.396 e. The van der Waals surface area contributed by atoms with Crippen LogP contribution < -0.4 is 10.6 Å². The summed E-state index contributed by atoms with van der Waals surface area (Å²) in [7, 11) is 0. The fraction of sp³-hybridized carbons (Fsp3) is 0.517. The molecule has 2 aromatic heterocycles. The van der Waals surface area contributed by atoms with Crippen LogP contribution in [-0.4, -0.2) is 49.5 Å². The number of hydrogen-bond acceptors (Lipinski definition) is 5. The number of aliphatic hydroxyl groups excluding tert-OH is 1. The van der Waals surface area contributed by atoms with E-state index in [1.54, 1.807) is 16.9 Å². The van der Waals surface area contributed by atoms with Gasteiger partial charge >= 0.3 is 0 Å². The summed E-state index contributed by atoms with van der Waals surface area (Å²) < 4.78 is 1.60. The lowest BCUT2D eigenvalue weighted by atomic mass is 9.62. The molecule has 2 saturated carbocycles. The molecule has 0 saturated heterocycles. The Hall–Kier alpha value is -3.46. The van der Waals surface area contributed by atoms with Gasteiger partial charge in [0, 0.05) is 36.3 Å². The van der Waals surface area contributed by atoms with Crippen molar-refractivity contribution in [3.05, 3.63) is 53.6 Å². The highest BCUT2D eigenvalue weighted by atomic mass is 16.3. The second-order valence-corrected chi connectivity index (χ2v) is 10.8. The van der Waals surface area contributed by atoms with Crippen molar-refractivity contribution in [2.24, 2.45) is 17.8 Å². The number of H-pyrrole nitrogens is 1. The molecule has 5 rings (SSSR count). The third-order valence-corrected chi connectivity index (χ3v) is 8.39. The lowest BCUT2D eigenvalue weighted by Crippen LogP contribution is -2.54. The zero-order valence-electron chi connectivity index (χ0n) is 22.2. The molecule has 0 bridgehead atoms. The van der Waals surface area contributed by atoms with Crippen LogP contribution in [0.5, 0.6) is 0 Å². The van der Waals surface area contributed by atoms with Crippen LogP contribution in [0.4, 0.5) is 5.69 Å². The van der Waals surface area contributed by atoms with Crippen molar-refractivity contribution >= 4 is 17.5 Å². The van der Waals surface area contributed by atoms with Crippen LogP contribution in [0.2, 0.25) is 0 Å². The van der Waals surface area contributed by atoms with Crippen LogP contribution >= 0.6 is 0 Å². The molecular formula is C29H38N6O3. The van der Waals surface area contributed by atoms with Crippen LogP contribution in [0.15, 0.2) is 36.5 Å². The number of carbonyl (C=O) groups is 2. The fourth-order valence-electron chi connectivity index (χ4n) is 5.97. The first kappa shape index (κ1) is 26.2. The predicted molar refractivity (Wildman–Crippen MR) is 145 cm³/mol. The van der Waals surface area contributed by atoms with Gasteiger partial charge in [0.1, 0.15) is 11.7 Å². The average Bonchev–Trinajstić information content (AvgIpc) is 3.45. The molecule has 0 radical (unpaired) electrons. The van der Waals surface area contributed by atoms with Crippen LogP contribution in [0, 0.1) is 31.6 Å². The number of carbonyl (C=O) groups excluding carboxylic acids is 2. The predicted octanol–water partition coefficient (Wildman–Crippen LogP) is 4.23. The molecule has 0 aliphatic heterocycles. The van der Waals surface area contributed by atoms with Crippen LogP contribution in [0.1, 0.15) is 66.8 Å². The number of nitrogens with zero attached hydrogens (tertiary/aromatic N) is 3. The molecule has 0 spiro atoms. The van der Waals surface area contributed by atoms with E-state index in [4.69, 9.17) is 0 Å². The van der Waals surface area contributed by atoms with Gasteiger partial charge in [-0.1, -0.05) is 50.7 Å². The Morgan fingerprint density at radius 1 is 1.08 bits per heavy atom. The van der Waals surface area contributed by atoms with E-state index < -0.39 is 6.04 Å². The number of rotatable bonds is 11. The van der Waals surface area contributed by atoms with Gasteiger partial charge in [-0.05, 0) is 61.8 Å². The van der Waals surface area contributed by atoms with E-state index in [9.17, 15) is 14.7 Å². The molecule has 2 heterocycles. The number of amides is 2. The lowest BCUT2D eigenvalue weighted by Gasteiger charge is -2.46. The van der Waals surface area contributed by atoms with Crippen molar-refractivity contribution in [3.8, 4) is 11.1 Å². The van der Waals surface area contributed by atoms with Gasteiger partial charge in [-0.15, -0.1) is 0 Å². The largest absolute Gasteiger partial charge is 0.396 e. The van der Waals surface area contributed by atoms with Gasteiger partial charge in [0.2, 0.25) is 5.91 Å². The minimum atomic E-state index is -0.627. The van der Waals surface area contributed by atoms with Gasteiger partial charge in [-0.25, -0.2) is 0 Å². The Balaban J connectivity index is 1.37. The van der Waals surface area contributed by atoms with Gasteiger partial charge in [0.05, 0.1) is 5.69 Å². The second-order valence-electron chi connectivity index (χ2n) is 10.8. The van der Waals surface area contributed by atoms with Gasteiger partial charge in [0.25, 0.3) is 5.91 Å². The van der Waals surface area contributed by atoms with E-state index in [2.05, 4.69) is 25.9 Å². The van der Waals surface area contributed by atoms with Crippen molar-refractivity contribution in [1.29, 1.82) is 0 Å². The Morgan fingerprint density at radius 2 is 1.76 bits per heavy atom. The molecule has 2 fully saturated rings. The van der Waals surface area contributed by atoms with Gasteiger partial charge < -0.3 is 15.7 Å². The van der Waals surface area contributed by atoms with Crippen molar-refractivity contribution in [2.75, 3.05) is 11.9 Å². The van der Waals surface area contributed by atoms with Crippen LogP contribution in [0.3, 0.4) is 0 Å². The van der Waals surface area contributed by atoms with E-state index in [1.807, 2.05) is 38.1 Å². The quantitative estimate of drug-likeness (QED) is 0.302. The Morgan fingerprint density at radius 3 is 2.32 bits per heavy atom. The molecule has 9 heteroatoms. The highest BCUT2D eigenvalue weighted by molar-refractivity contribution is 6.00.